The molecule has 2 heterocycles. The predicted molar refractivity (Wildman–Crippen MR) is 211 cm³/mol. The van der Waals surface area contributed by atoms with Crippen LogP contribution >= 0.6 is 0 Å². The van der Waals surface area contributed by atoms with Crippen LogP contribution in [0.15, 0.2) is 194 Å². The fraction of sp³-hybridized carbons (Fsp3) is 0. The zero-order valence-corrected chi connectivity index (χ0v) is 27.4. The molecule has 2 nitrogen and oxygen atoms in total. The van der Waals surface area contributed by atoms with Crippen molar-refractivity contribution in [1.29, 1.82) is 0 Å². The number of hydrogen-bond acceptors (Lipinski definition) is 0. The highest BCUT2D eigenvalue weighted by molar-refractivity contribution is 6.17. The van der Waals surface area contributed by atoms with E-state index < -0.39 is 0 Å². The molecule has 0 fully saturated rings. The molecule has 50 heavy (non-hydrogen) atoms. The molecule has 8 aromatic carbocycles. The minimum Gasteiger partial charge on any atom is -0.309 e. The minimum atomic E-state index is 1.14. The van der Waals surface area contributed by atoms with Gasteiger partial charge in [0, 0.05) is 32.9 Å². The molecule has 2 heteroatoms. The lowest BCUT2D eigenvalue weighted by atomic mass is 9.92. The molecule has 0 atom stereocenters. The molecule has 0 aliphatic heterocycles. The third kappa shape index (κ3) is 4.43. The molecule has 0 radical (unpaired) electrons. The van der Waals surface area contributed by atoms with E-state index in [-0.39, 0.29) is 0 Å². The van der Waals surface area contributed by atoms with Gasteiger partial charge in [0.05, 0.1) is 22.1 Å². The number of nitrogens with zero attached hydrogens (tertiary/aromatic N) is 2. The molecule has 0 aliphatic rings. The molecule has 0 amide bonds. The van der Waals surface area contributed by atoms with Crippen molar-refractivity contribution in [2.24, 2.45) is 0 Å². The van der Waals surface area contributed by atoms with Gasteiger partial charge in [0.25, 0.3) is 0 Å². The largest absolute Gasteiger partial charge is 0.309 e. The van der Waals surface area contributed by atoms with E-state index in [4.69, 9.17) is 0 Å². The maximum Gasteiger partial charge on any atom is 0.0561 e. The molecule has 0 spiro atoms. The molecular weight excluding hydrogens is 605 g/mol. The van der Waals surface area contributed by atoms with Gasteiger partial charge in [0.2, 0.25) is 0 Å². The molecule has 234 valence electrons. The Morgan fingerprint density at radius 2 is 0.780 bits per heavy atom. The van der Waals surface area contributed by atoms with Crippen molar-refractivity contribution in [1.82, 2.24) is 9.13 Å². The highest BCUT2D eigenvalue weighted by Gasteiger charge is 2.19. The van der Waals surface area contributed by atoms with Gasteiger partial charge >= 0.3 is 0 Å². The quantitative estimate of drug-likeness (QED) is 0.178. The third-order valence-electron chi connectivity index (χ3n) is 10.1. The second-order valence-corrected chi connectivity index (χ2v) is 12.9. The number of para-hydroxylation sites is 2. The van der Waals surface area contributed by atoms with Crippen LogP contribution in [-0.2, 0) is 0 Å². The van der Waals surface area contributed by atoms with Crippen LogP contribution in [0.2, 0.25) is 0 Å². The van der Waals surface area contributed by atoms with Crippen LogP contribution in [0, 0.1) is 0 Å². The van der Waals surface area contributed by atoms with Gasteiger partial charge in [0.15, 0.2) is 0 Å². The van der Waals surface area contributed by atoms with E-state index in [1.54, 1.807) is 0 Å². The first-order valence-electron chi connectivity index (χ1n) is 17.2. The van der Waals surface area contributed by atoms with Gasteiger partial charge in [-0.05, 0) is 75.8 Å². The summed E-state index contributed by atoms with van der Waals surface area (Å²) in [5, 5.41) is 5.01. The average Bonchev–Trinajstić information content (AvgIpc) is 3.71. The molecule has 0 bridgehead atoms. The summed E-state index contributed by atoms with van der Waals surface area (Å²) >= 11 is 0. The fourth-order valence-corrected chi connectivity index (χ4v) is 7.94. The van der Waals surface area contributed by atoms with Crippen LogP contribution in [0.4, 0.5) is 0 Å². The summed E-state index contributed by atoms with van der Waals surface area (Å²) in [4.78, 5) is 0. The van der Waals surface area contributed by atoms with Crippen LogP contribution in [0.25, 0.3) is 88.4 Å². The lowest BCUT2D eigenvalue weighted by Crippen LogP contribution is -1.97. The second kappa shape index (κ2) is 11.5. The summed E-state index contributed by atoms with van der Waals surface area (Å²) in [5.74, 6) is 0. The first kappa shape index (κ1) is 28.4. The summed E-state index contributed by atoms with van der Waals surface area (Å²) in [6, 6.07) is 70.4. The molecule has 10 rings (SSSR count). The summed E-state index contributed by atoms with van der Waals surface area (Å²) in [6.45, 7) is 0. The first-order chi connectivity index (χ1) is 24.8. The molecule has 0 unspecified atom stereocenters. The van der Waals surface area contributed by atoms with Gasteiger partial charge in [-0.25, -0.2) is 0 Å². The van der Waals surface area contributed by atoms with Crippen molar-refractivity contribution in [3.8, 4) is 44.8 Å². The summed E-state index contributed by atoms with van der Waals surface area (Å²) in [5.41, 5.74) is 14.4. The van der Waals surface area contributed by atoms with Crippen molar-refractivity contribution in [2.75, 3.05) is 0 Å². The van der Waals surface area contributed by atoms with Crippen molar-refractivity contribution < 1.29 is 0 Å². The highest BCUT2D eigenvalue weighted by atomic mass is 15.0. The monoisotopic (exact) mass is 636 g/mol. The van der Waals surface area contributed by atoms with Crippen LogP contribution < -0.4 is 0 Å². The van der Waals surface area contributed by atoms with Gasteiger partial charge in [-0.3, -0.25) is 0 Å². The van der Waals surface area contributed by atoms with Gasteiger partial charge in [-0.2, -0.15) is 0 Å². The molecular formula is C48H32N2. The summed E-state index contributed by atoms with van der Waals surface area (Å²) in [6.07, 6.45) is 0. The van der Waals surface area contributed by atoms with E-state index in [2.05, 4.69) is 203 Å². The lowest BCUT2D eigenvalue weighted by molar-refractivity contribution is 1.15. The van der Waals surface area contributed by atoms with Gasteiger partial charge in [-0.15, -0.1) is 0 Å². The van der Waals surface area contributed by atoms with Gasteiger partial charge < -0.3 is 9.13 Å². The van der Waals surface area contributed by atoms with Crippen molar-refractivity contribution in [2.45, 2.75) is 0 Å². The topological polar surface area (TPSA) is 9.86 Å². The second-order valence-electron chi connectivity index (χ2n) is 12.9. The maximum absolute atomic E-state index is 2.45. The standard InChI is InChI=1S/C48H32N2/c1-3-15-33(16-4-1)35-19-13-20-36(31-35)50-44-26-11-9-23-40(44)41-30-29-37(32-47(41)50)49-45-27-12-10-24-43(45)48-42(25-14-28-46(48)49)39-22-8-7-21-38(39)34-17-5-2-6-18-34/h1-32H. The number of fused-ring (bicyclic) bond motifs is 6. The number of hydrogen-bond donors (Lipinski definition) is 0. The Bertz CT molecular complexity index is 2860. The fourth-order valence-electron chi connectivity index (χ4n) is 7.94. The maximum atomic E-state index is 2.45. The van der Waals surface area contributed by atoms with E-state index >= 15 is 0 Å². The van der Waals surface area contributed by atoms with Gasteiger partial charge in [-0.1, -0.05) is 152 Å². The van der Waals surface area contributed by atoms with Crippen molar-refractivity contribution in [3.05, 3.63) is 194 Å². The molecule has 0 N–H and O–H groups in total. The van der Waals surface area contributed by atoms with E-state index in [9.17, 15) is 0 Å². The zero-order chi connectivity index (χ0) is 33.0. The summed E-state index contributed by atoms with van der Waals surface area (Å²) < 4.78 is 4.87. The van der Waals surface area contributed by atoms with Crippen LogP contribution in [0.1, 0.15) is 0 Å². The minimum absolute atomic E-state index is 1.14. The average molecular weight is 637 g/mol. The molecule has 0 saturated carbocycles. The summed E-state index contributed by atoms with van der Waals surface area (Å²) in [7, 11) is 0. The third-order valence-corrected chi connectivity index (χ3v) is 10.1. The van der Waals surface area contributed by atoms with Crippen LogP contribution in [-0.4, -0.2) is 9.13 Å². The van der Waals surface area contributed by atoms with Crippen molar-refractivity contribution >= 4 is 43.6 Å². The van der Waals surface area contributed by atoms with E-state index in [0.717, 1.165) is 11.4 Å². The molecule has 0 saturated heterocycles. The van der Waals surface area contributed by atoms with E-state index in [1.807, 2.05) is 0 Å². The Kier molecular flexibility index (Phi) is 6.53. The highest BCUT2D eigenvalue weighted by Crippen LogP contribution is 2.42. The Morgan fingerprint density at radius 1 is 0.260 bits per heavy atom. The van der Waals surface area contributed by atoms with Gasteiger partial charge in [0.1, 0.15) is 0 Å². The lowest BCUT2D eigenvalue weighted by Gasteiger charge is -2.13. The van der Waals surface area contributed by atoms with E-state index in [1.165, 1.54) is 77.0 Å². The number of rotatable bonds is 5. The Hall–Kier alpha value is -6.64. The zero-order valence-electron chi connectivity index (χ0n) is 27.4. The van der Waals surface area contributed by atoms with E-state index in [0.29, 0.717) is 0 Å². The molecule has 2 aromatic heterocycles. The number of aromatic nitrogens is 2. The SMILES string of the molecule is c1ccc(-c2cccc(-n3c4ccccc4c4ccc(-n5c6ccccc6c6c(-c7ccccc7-c7ccccc7)cccc65)cc43)c2)cc1. The smallest absolute Gasteiger partial charge is 0.0561 e. The normalized spacial score (nSPS) is 11.6. The molecule has 10 aromatic rings. The molecule has 0 aliphatic carbocycles. The Labute approximate surface area is 290 Å². The number of benzene rings is 8. The van der Waals surface area contributed by atoms with Crippen molar-refractivity contribution in [3.63, 3.8) is 0 Å². The predicted octanol–water partition coefficient (Wildman–Crippen LogP) is 12.9. The first-order valence-corrected chi connectivity index (χ1v) is 17.2. The van der Waals surface area contributed by atoms with Crippen LogP contribution in [0.3, 0.4) is 0 Å². The van der Waals surface area contributed by atoms with Crippen LogP contribution in [0.5, 0.6) is 0 Å². The Morgan fingerprint density at radius 3 is 1.58 bits per heavy atom. The Balaban J connectivity index is 1.23.